The second-order valence-electron chi connectivity index (χ2n) is 5.03. The standard InChI is InChI=1S/C16H19BrFNO4/c1-3-4-5-14(20)12(15(16(21)22)19-23-2)8-10-6-7-11(17)9-13(10)18/h6-7,9,12H,3-5,8H2,1-2H3,(H,21,22). The number of aliphatic carboxylic acids is 1. The maximum Gasteiger partial charge on any atom is 0.354 e. The summed E-state index contributed by atoms with van der Waals surface area (Å²) >= 11 is 3.16. The predicted molar refractivity (Wildman–Crippen MR) is 87.9 cm³/mol. The zero-order valence-corrected chi connectivity index (χ0v) is 14.6. The molecule has 0 radical (unpaired) electrons. The third-order valence-corrected chi connectivity index (χ3v) is 3.84. The van der Waals surface area contributed by atoms with Crippen LogP contribution in [0.5, 0.6) is 0 Å². The van der Waals surface area contributed by atoms with Crippen molar-refractivity contribution in [2.75, 3.05) is 7.11 Å². The van der Waals surface area contributed by atoms with Crippen LogP contribution >= 0.6 is 15.9 Å². The van der Waals surface area contributed by atoms with Gasteiger partial charge in [-0.3, -0.25) is 4.79 Å². The Morgan fingerprint density at radius 2 is 2.13 bits per heavy atom. The van der Waals surface area contributed by atoms with Gasteiger partial charge in [-0.05, 0) is 30.5 Å². The Balaban J connectivity index is 3.14. The lowest BCUT2D eigenvalue weighted by atomic mass is 9.88. The number of carbonyl (C=O) groups is 2. The minimum absolute atomic E-state index is 0.0733. The molecule has 0 saturated heterocycles. The number of ketones is 1. The van der Waals surface area contributed by atoms with Gasteiger partial charge in [0.05, 0.1) is 5.92 Å². The van der Waals surface area contributed by atoms with Crippen molar-refractivity contribution in [3.8, 4) is 0 Å². The Bertz CT molecular complexity index is 604. The van der Waals surface area contributed by atoms with Crippen molar-refractivity contribution in [2.24, 2.45) is 11.1 Å². The van der Waals surface area contributed by atoms with E-state index < -0.39 is 23.4 Å². The SMILES string of the molecule is CCCCC(=O)C(Cc1ccc(Br)cc1F)C(=NOC)C(=O)O. The highest BCUT2D eigenvalue weighted by molar-refractivity contribution is 9.10. The van der Waals surface area contributed by atoms with Crippen molar-refractivity contribution in [2.45, 2.75) is 32.6 Å². The Labute approximate surface area is 142 Å². The number of hydrogen-bond acceptors (Lipinski definition) is 4. The first-order valence-corrected chi connectivity index (χ1v) is 8.01. The Morgan fingerprint density at radius 3 is 2.65 bits per heavy atom. The lowest BCUT2D eigenvalue weighted by Gasteiger charge is -2.16. The first kappa shape index (κ1) is 19.3. The normalized spacial score (nSPS) is 12.8. The molecule has 1 atom stereocenters. The highest BCUT2D eigenvalue weighted by atomic mass is 79.9. The van der Waals surface area contributed by atoms with Crippen LogP contribution in [0.4, 0.5) is 4.39 Å². The molecule has 126 valence electrons. The summed E-state index contributed by atoms with van der Waals surface area (Å²) in [4.78, 5) is 28.3. The topological polar surface area (TPSA) is 76.0 Å². The number of carboxylic acids is 1. The number of oxime groups is 1. The maximum absolute atomic E-state index is 14.0. The fourth-order valence-electron chi connectivity index (χ4n) is 2.15. The van der Waals surface area contributed by atoms with Gasteiger partial charge in [-0.1, -0.05) is 40.5 Å². The molecule has 0 aliphatic rings. The zero-order chi connectivity index (χ0) is 17.4. The van der Waals surface area contributed by atoms with Gasteiger partial charge in [-0.25, -0.2) is 9.18 Å². The average molecular weight is 388 g/mol. The van der Waals surface area contributed by atoms with Crippen LogP contribution in [0, 0.1) is 11.7 Å². The van der Waals surface area contributed by atoms with Crippen LogP contribution < -0.4 is 0 Å². The minimum Gasteiger partial charge on any atom is -0.477 e. The lowest BCUT2D eigenvalue weighted by molar-refractivity contribution is -0.131. The summed E-state index contributed by atoms with van der Waals surface area (Å²) in [6, 6.07) is 4.43. The van der Waals surface area contributed by atoms with E-state index in [1.54, 1.807) is 6.07 Å². The highest BCUT2D eigenvalue weighted by Crippen LogP contribution is 2.21. The molecule has 0 fully saturated rings. The van der Waals surface area contributed by atoms with Crippen molar-refractivity contribution < 1.29 is 23.9 Å². The molecular weight excluding hydrogens is 369 g/mol. The number of carbonyl (C=O) groups excluding carboxylic acids is 1. The van der Waals surface area contributed by atoms with E-state index >= 15 is 0 Å². The number of nitrogens with zero attached hydrogens (tertiary/aromatic N) is 1. The molecule has 1 aromatic carbocycles. The summed E-state index contributed by atoms with van der Waals surface area (Å²) in [5.41, 5.74) is -0.149. The van der Waals surface area contributed by atoms with Gasteiger partial charge < -0.3 is 9.94 Å². The summed E-state index contributed by atoms with van der Waals surface area (Å²) in [6.45, 7) is 1.93. The third-order valence-electron chi connectivity index (χ3n) is 3.34. The van der Waals surface area contributed by atoms with Crippen molar-refractivity contribution >= 4 is 33.4 Å². The maximum atomic E-state index is 14.0. The molecule has 1 aromatic rings. The van der Waals surface area contributed by atoms with Crippen LogP contribution in [-0.4, -0.2) is 29.7 Å². The predicted octanol–water partition coefficient (Wildman–Crippen LogP) is 3.59. The second-order valence-corrected chi connectivity index (χ2v) is 5.94. The molecule has 0 aliphatic heterocycles. The summed E-state index contributed by atoms with van der Waals surface area (Å²) in [5.74, 6) is -3.18. The number of benzene rings is 1. The molecule has 0 aliphatic carbocycles. The molecule has 0 spiro atoms. The first-order valence-electron chi connectivity index (χ1n) is 7.21. The molecule has 23 heavy (non-hydrogen) atoms. The van der Waals surface area contributed by atoms with Crippen molar-refractivity contribution in [3.05, 3.63) is 34.1 Å². The van der Waals surface area contributed by atoms with E-state index in [0.717, 1.165) is 6.42 Å². The van der Waals surface area contributed by atoms with Gasteiger partial charge in [-0.15, -0.1) is 0 Å². The van der Waals surface area contributed by atoms with Crippen LogP contribution in [0.3, 0.4) is 0 Å². The molecular formula is C16H19BrFNO4. The highest BCUT2D eigenvalue weighted by Gasteiger charge is 2.30. The fraction of sp³-hybridized carbons (Fsp3) is 0.438. The van der Waals surface area contributed by atoms with Crippen LogP contribution in [0.25, 0.3) is 0 Å². The molecule has 5 nitrogen and oxygen atoms in total. The smallest absolute Gasteiger partial charge is 0.354 e. The van der Waals surface area contributed by atoms with Gasteiger partial charge >= 0.3 is 5.97 Å². The molecule has 0 saturated carbocycles. The quantitative estimate of drug-likeness (QED) is 0.518. The minimum atomic E-state index is -1.35. The van der Waals surface area contributed by atoms with Crippen molar-refractivity contribution in [1.82, 2.24) is 0 Å². The van der Waals surface area contributed by atoms with Gasteiger partial charge in [-0.2, -0.15) is 0 Å². The Hall–Kier alpha value is -1.76. The van der Waals surface area contributed by atoms with Crippen LogP contribution in [0.1, 0.15) is 31.7 Å². The number of carboxylic acid groups (broad SMARTS) is 1. The third kappa shape index (κ3) is 5.74. The molecule has 0 amide bonds. The van der Waals surface area contributed by atoms with E-state index in [1.165, 1.54) is 19.2 Å². The second kappa shape index (κ2) is 9.39. The number of unbranched alkanes of at least 4 members (excludes halogenated alkanes) is 1. The molecule has 0 heterocycles. The van der Waals surface area contributed by atoms with E-state index in [0.29, 0.717) is 10.9 Å². The molecule has 0 bridgehead atoms. The van der Waals surface area contributed by atoms with Gasteiger partial charge in [0, 0.05) is 10.9 Å². The molecule has 7 heteroatoms. The van der Waals surface area contributed by atoms with E-state index in [-0.39, 0.29) is 24.2 Å². The molecule has 1 unspecified atom stereocenters. The van der Waals surface area contributed by atoms with Gasteiger partial charge in [0.25, 0.3) is 0 Å². The van der Waals surface area contributed by atoms with Crippen molar-refractivity contribution in [3.63, 3.8) is 0 Å². The molecule has 0 aromatic heterocycles. The summed E-state index contributed by atoms with van der Waals surface area (Å²) in [5, 5.41) is 12.7. The molecule has 1 N–H and O–H groups in total. The number of rotatable bonds is 9. The van der Waals surface area contributed by atoms with Gasteiger partial charge in [0.1, 0.15) is 18.7 Å². The van der Waals surface area contributed by atoms with Crippen LogP contribution in [-0.2, 0) is 20.8 Å². The van der Waals surface area contributed by atoms with E-state index in [2.05, 4.69) is 25.9 Å². The van der Waals surface area contributed by atoms with Crippen molar-refractivity contribution in [1.29, 1.82) is 0 Å². The Kier molecular flexibility index (Phi) is 7.88. The fourth-order valence-corrected chi connectivity index (χ4v) is 2.48. The first-order chi connectivity index (χ1) is 10.9. The number of halogens is 2. The summed E-state index contributed by atoms with van der Waals surface area (Å²) in [6.07, 6.45) is 1.58. The monoisotopic (exact) mass is 387 g/mol. The van der Waals surface area contributed by atoms with Gasteiger partial charge in [0.2, 0.25) is 0 Å². The van der Waals surface area contributed by atoms with E-state index in [4.69, 9.17) is 0 Å². The number of Topliss-reactive ketones (excluding diaryl/α,β-unsaturated/α-hetero) is 1. The molecule has 1 rings (SSSR count). The van der Waals surface area contributed by atoms with Crippen LogP contribution in [0.15, 0.2) is 27.8 Å². The van der Waals surface area contributed by atoms with Gasteiger partial charge in [0.15, 0.2) is 5.71 Å². The average Bonchev–Trinajstić information content (AvgIpc) is 2.50. The summed E-state index contributed by atoms with van der Waals surface area (Å²) in [7, 11) is 1.21. The zero-order valence-electron chi connectivity index (χ0n) is 13.0. The van der Waals surface area contributed by atoms with E-state index in [9.17, 15) is 19.1 Å². The lowest BCUT2D eigenvalue weighted by Crippen LogP contribution is -2.32. The number of hydrogen-bond donors (Lipinski definition) is 1. The summed E-state index contributed by atoms with van der Waals surface area (Å²) < 4.78 is 14.6. The van der Waals surface area contributed by atoms with E-state index in [1.807, 2.05) is 6.92 Å². The van der Waals surface area contributed by atoms with Crippen LogP contribution in [0.2, 0.25) is 0 Å². The largest absolute Gasteiger partial charge is 0.477 e. The Morgan fingerprint density at radius 1 is 1.43 bits per heavy atom.